The molecule has 2 aromatic rings. The van der Waals surface area contributed by atoms with Gasteiger partial charge in [-0.3, -0.25) is 9.59 Å². The molecule has 0 spiro atoms. The number of anilines is 1. The monoisotopic (exact) mass is 590 g/mol. The number of fused-ring (bicyclic) bond motifs is 2. The molecule has 0 bridgehead atoms. The zero-order valence-electron chi connectivity index (χ0n) is 34.9. The summed E-state index contributed by atoms with van der Waals surface area (Å²) in [4.78, 5) is 56.2. The number of imide groups is 1. The average Bonchev–Trinajstić information content (AvgIpc) is 3.40. The summed E-state index contributed by atoms with van der Waals surface area (Å²) < 4.78 is 100. The quantitative estimate of drug-likeness (QED) is 0.410. The third-order valence-corrected chi connectivity index (χ3v) is 8.01. The smallest absolute Gasteiger partial charge is 0.363 e. The van der Waals surface area contributed by atoms with Crippen LogP contribution in [-0.2, 0) is 19.8 Å². The van der Waals surface area contributed by atoms with Crippen molar-refractivity contribution in [3.8, 4) is 0 Å². The second-order valence-electron chi connectivity index (χ2n) is 10.9. The van der Waals surface area contributed by atoms with Crippen LogP contribution in [0.1, 0.15) is 93.3 Å². The second-order valence-corrected chi connectivity index (χ2v) is 10.9. The van der Waals surface area contributed by atoms with E-state index in [9.17, 15) is 24.3 Å². The predicted octanol–water partition coefficient (Wildman–Crippen LogP) is 4.26. The lowest BCUT2D eigenvalue weighted by Crippen LogP contribution is -2.38. The van der Waals surface area contributed by atoms with Crippen LogP contribution in [0.15, 0.2) is 65.8 Å². The fraction of sp³-hybridized carbons (Fsp3) is 0.324. The van der Waals surface area contributed by atoms with Crippen LogP contribution in [0.25, 0.3) is 5.57 Å². The number of hydrogen-bond donors (Lipinski definition) is 1. The molecule has 2 amide bonds. The van der Waals surface area contributed by atoms with Gasteiger partial charge in [-0.05, 0) is 76.2 Å². The van der Waals surface area contributed by atoms with E-state index in [1.165, 1.54) is 42.5 Å². The van der Waals surface area contributed by atoms with Gasteiger partial charge in [-0.25, -0.2) is 14.2 Å². The zero-order valence-corrected chi connectivity index (χ0v) is 22.9. The number of carbonyl (C=O) groups is 4. The molecule has 3 aliphatic heterocycles. The highest BCUT2D eigenvalue weighted by Gasteiger charge is 2.41. The van der Waals surface area contributed by atoms with Gasteiger partial charge in [0.05, 0.1) is 17.5 Å². The van der Waals surface area contributed by atoms with E-state index in [0.717, 1.165) is 12.1 Å². The number of allylic oxidation sites excluding steroid dienone is 5. The zero-order chi connectivity index (χ0) is 40.8. The molecular formula is C34H32N3O6+. The van der Waals surface area contributed by atoms with Gasteiger partial charge < -0.3 is 14.8 Å². The normalized spacial score (nSPS) is 31.5. The third-order valence-electron chi connectivity index (χ3n) is 8.01. The van der Waals surface area contributed by atoms with Gasteiger partial charge in [0.2, 0.25) is 0 Å². The lowest BCUT2D eigenvalue weighted by atomic mass is 9.64. The summed E-state index contributed by atoms with van der Waals surface area (Å²) in [7, 11) is 0. The summed E-state index contributed by atoms with van der Waals surface area (Å²) in [5.74, 6) is -4.07. The van der Waals surface area contributed by atoms with Gasteiger partial charge in [0.15, 0.2) is 5.71 Å². The maximum absolute atomic E-state index is 13.3. The number of carbonyl (C=O) groups excluding carboxylic acids is 3. The Morgan fingerprint density at radius 2 is 1.72 bits per heavy atom. The summed E-state index contributed by atoms with van der Waals surface area (Å²) >= 11 is 0. The van der Waals surface area contributed by atoms with Gasteiger partial charge in [0, 0.05) is 60.1 Å². The second kappa shape index (κ2) is 9.90. The molecule has 0 saturated carbocycles. The molecule has 43 heavy (non-hydrogen) atoms. The van der Waals surface area contributed by atoms with E-state index in [-0.39, 0.29) is 46.5 Å². The van der Waals surface area contributed by atoms with Gasteiger partial charge >= 0.3 is 11.9 Å². The molecular weight excluding hydrogens is 546 g/mol. The third kappa shape index (κ3) is 4.33. The molecule has 2 aliphatic carbocycles. The maximum atomic E-state index is 13.3. The molecule has 7 rings (SSSR count). The molecule has 0 atom stereocenters. The molecule has 3 heterocycles. The molecule has 218 valence electrons. The highest BCUT2D eigenvalue weighted by atomic mass is 16.7. The van der Waals surface area contributed by atoms with Crippen LogP contribution in [0.5, 0.6) is 0 Å². The van der Waals surface area contributed by atoms with Crippen molar-refractivity contribution in [1.82, 2.24) is 5.06 Å². The first-order valence-electron chi connectivity index (χ1n) is 19.4. The predicted molar refractivity (Wildman–Crippen MR) is 159 cm³/mol. The summed E-state index contributed by atoms with van der Waals surface area (Å²) in [5, 5.41) is 10.7. The first-order valence-corrected chi connectivity index (χ1v) is 13.4. The Hall–Kier alpha value is -4.79. The maximum Gasteiger partial charge on any atom is 0.363 e. The van der Waals surface area contributed by atoms with Crippen LogP contribution in [0.4, 0.5) is 5.69 Å². The molecule has 9 nitrogen and oxygen atoms in total. The van der Waals surface area contributed by atoms with Crippen LogP contribution in [0, 0.1) is 0 Å². The van der Waals surface area contributed by atoms with Gasteiger partial charge in [0.25, 0.3) is 11.8 Å². The Labute approximate surface area is 265 Å². The average molecular weight is 591 g/mol. The van der Waals surface area contributed by atoms with Crippen LogP contribution in [0.2, 0.25) is 0 Å². The van der Waals surface area contributed by atoms with E-state index in [1.807, 2.05) is 0 Å². The Balaban J connectivity index is 1.49. The van der Waals surface area contributed by atoms with Crippen molar-refractivity contribution in [2.75, 3.05) is 30.9 Å². The largest absolute Gasteiger partial charge is 0.478 e. The van der Waals surface area contributed by atoms with Gasteiger partial charge in [-0.2, -0.15) is 0 Å². The molecule has 5 aliphatic rings. The van der Waals surface area contributed by atoms with E-state index in [1.54, 1.807) is 13.8 Å². The minimum Gasteiger partial charge on any atom is -0.478 e. The number of amides is 2. The van der Waals surface area contributed by atoms with Crippen LogP contribution >= 0.6 is 0 Å². The first kappa shape index (κ1) is 16.7. The number of hydrogen-bond acceptors (Lipinski definition) is 6. The van der Waals surface area contributed by atoms with Crippen LogP contribution in [-0.4, -0.2) is 70.2 Å². The van der Waals surface area contributed by atoms with E-state index < -0.39 is 67.9 Å². The molecule has 9 heteroatoms. The summed E-state index contributed by atoms with van der Waals surface area (Å²) in [6.45, 7) is -7.81. The molecule has 0 aromatic heterocycles. The van der Waals surface area contributed by atoms with Crippen molar-refractivity contribution >= 4 is 40.7 Å². The Bertz CT molecular complexity index is 2260. The molecule has 0 unspecified atom stereocenters. The van der Waals surface area contributed by atoms with E-state index in [2.05, 4.69) is 0 Å². The minimum atomic E-state index is -2.92. The number of nitrogens with zero attached hydrogens (tertiary/aromatic N) is 3. The van der Waals surface area contributed by atoms with Crippen molar-refractivity contribution in [2.24, 2.45) is 0 Å². The number of aromatic carboxylic acids is 1. The SMILES string of the molecule is [2H]C1([2H])N(c2ccc3c(c2)C(C)(C)C2=CC(=[N+]4C([2H])([2H])C([2H])([2H])C4([2H])[2H])C=CC2=C3c2cc(C(=O)ON3C(=O)CCC3=O)ccc2C(=O)O)C([2H])([2H])C1([2H])[2H]. The van der Waals surface area contributed by atoms with Crippen molar-refractivity contribution in [3.63, 3.8) is 0 Å². The minimum absolute atomic E-state index is 0.0728. The molecule has 0 radical (unpaired) electrons. The Morgan fingerprint density at radius 1 is 0.977 bits per heavy atom. The summed E-state index contributed by atoms with van der Waals surface area (Å²) in [5.41, 5.74) is -0.531. The lowest BCUT2D eigenvalue weighted by molar-refractivity contribution is -0.582. The number of carboxylic acids is 1. The Kier molecular flexibility index (Phi) is 3.85. The van der Waals surface area contributed by atoms with E-state index >= 15 is 0 Å². The standard InChI is InChI=1S/C34H31N3O6/c1-34(2)27-18-21(35-13-3-14-35)6-9-24(27)31(25-10-7-22(19-28(25)34)36-15-4-16-36)26-17-20(5-8-23(26)32(40)41)33(42)43-37-29(38)11-12-30(37)39/h5-10,17-19H,3-4,11-16H2,1-2H3/p+1/i3D2,4D2,13D2,14D2,15D2,16D2. The number of benzene rings is 2. The summed E-state index contributed by atoms with van der Waals surface area (Å²) in [6.07, 6.45) is -1.95. The highest BCUT2D eigenvalue weighted by Crippen LogP contribution is 2.51. The fourth-order valence-corrected chi connectivity index (χ4v) is 5.73. The number of carboxylic acid groups (broad SMARTS) is 1. The van der Waals surface area contributed by atoms with E-state index in [0.29, 0.717) is 36.8 Å². The molecule has 3 fully saturated rings. The van der Waals surface area contributed by atoms with Crippen LogP contribution in [0.3, 0.4) is 0 Å². The number of hydroxylamine groups is 2. The van der Waals surface area contributed by atoms with Crippen molar-refractivity contribution < 1.29 is 50.1 Å². The van der Waals surface area contributed by atoms with Gasteiger partial charge in [-0.1, -0.05) is 19.9 Å². The summed E-state index contributed by atoms with van der Waals surface area (Å²) in [6, 6.07) is 7.66. The van der Waals surface area contributed by atoms with Crippen molar-refractivity contribution in [1.29, 1.82) is 0 Å². The highest BCUT2D eigenvalue weighted by molar-refractivity contribution is 6.09. The molecule has 1 N–H and O–H groups in total. The van der Waals surface area contributed by atoms with Gasteiger partial charge in [0.1, 0.15) is 18.5 Å². The fourth-order valence-electron chi connectivity index (χ4n) is 5.73. The van der Waals surface area contributed by atoms with Crippen LogP contribution < -0.4 is 4.90 Å². The first-order chi connectivity index (χ1) is 25.2. The van der Waals surface area contributed by atoms with Crippen molar-refractivity contribution in [2.45, 2.75) is 44.8 Å². The molecule has 2 aromatic carbocycles. The topological polar surface area (TPSA) is 107 Å². The van der Waals surface area contributed by atoms with Crippen molar-refractivity contribution in [3.05, 3.63) is 93.6 Å². The van der Waals surface area contributed by atoms with Gasteiger partial charge in [-0.15, -0.1) is 5.06 Å². The molecule has 3 saturated heterocycles. The number of rotatable bonds is 5. The lowest BCUT2D eigenvalue weighted by Gasteiger charge is -2.41. The Morgan fingerprint density at radius 3 is 2.44 bits per heavy atom. The van der Waals surface area contributed by atoms with E-state index in [4.69, 9.17) is 21.3 Å².